The molecule has 0 radical (unpaired) electrons. The van der Waals surface area contributed by atoms with Gasteiger partial charge in [0.2, 0.25) is 0 Å². The van der Waals surface area contributed by atoms with Crippen LogP contribution in [0.4, 0.5) is 0 Å². The van der Waals surface area contributed by atoms with Gasteiger partial charge in [-0.05, 0) is 30.7 Å². The molecule has 0 unspecified atom stereocenters. The molecule has 5 nitrogen and oxygen atoms in total. The number of aromatic nitrogens is 4. The largest absolute Gasteiger partial charge is 0.495 e. The molecule has 2 aromatic heterocycles. The van der Waals surface area contributed by atoms with Crippen molar-refractivity contribution in [3.8, 4) is 11.4 Å². The lowest BCUT2D eigenvalue weighted by molar-refractivity contribution is 0.412. The van der Waals surface area contributed by atoms with Gasteiger partial charge in [0.1, 0.15) is 12.1 Å². The highest BCUT2D eigenvalue weighted by atomic mass is 35.5. The number of fused-ring (bicyclic) bond motifs is 1. The van der Waals surface area contributed by atoms with E-state index in [4.69, 9.17) is 21.3 Å². The van der Waals surface area contributed by atoms with E-state index in [1.165, 1.54) is 11.8 Å². The number of rotatable bonds is 5. The van der Waals surface area contributed by atoms with E-state index >= 15 is 0 Å². The van der Waals surface area contributed by atoms with Crippen molar-refractivity contribution >= 4 is 34.3 Å². The third kappa shape index (κ3) is 3.38. The predicted molar refractivity (Wildman–Crippen MR) is 109 cm³/mol. The summed E-state index contributed by atoms with van der Waals surface area (Å²) in [6.45, 7) is 2.03. The zero-order chi connectivity index (χ0) is 18.8. The number of thioether (sulfide) groups is 1. The van der Waals surface area contributed by atoms with Gasteiger partial charge in [-0.25, -0.2) is 0 Å². The summed E-state index contributed by atoms with van der Waals surface area (Å²) < 4.78 is 7.36. The quantitative estimate of drug-likeness (QED) is 0.440. The van der Waals surface area contributed by atoms with Crippen LogP contribution in [0.5, 0.6) is 5.75 Å². The van der Waals surface area contributed by atoms with Gasteiger partial charge in [0.05, 0.1) is 29.0 Å². The number of ether oxygens (including phenoxy) is 1. The Balaban J connectivity index is 1.65. The summed E-state index contributed by atoms with van der Waals surface area (Å²) in [4.78, 5) is 4.74. The Bertz CT molecular complexity index is 1110. The summed E-state index contributed by atoms with van der Waals surface area (Å²) in [6, 6.07) is 15.8. The minimum absolute atomic E-state index is 0.596. The lowest BCUT2D eigenvalue weighted by Crippen LogP contribution is -1.99. The number of methoxy groups -OCH3 is 1. The van der Waals surface area contributed by atoms with E-state index in [0.717, 1.165) is 38.8 Å². The first-order chi connectivity index (χ1) is 13.2. The maximum atomic E-state index is 6.58. The molecule has 2 aromatic carbocycles. The molecule has 0 N–H and O–H groups in total. The Labute approximate surface area is 166 Å². The van der Waals surface area contributed by atoms with Gasteiger partial charge in [0, 0.05) is 11.1 Å². The molecule has 7 heteroatoms. The fourth-order valence-electron chi connectivity index (χ4n) is 2.96. The Hall–Kier alpha value is -2.57. The van der Waals surface area contributed by atoms with E-state index in [0.29, 0.717) is 10.8 Å². The van der Waals surface area contributed by atoms with Crippen molar-refractivity contribution in [2.45, 2.75) is 17.8 Å². The van der Waals surface area contributed by atoms with E-state index in [1.54, 1.807) is 13.4 Å². The number of halogens is 1. The van der Waals surface area contributed by atoms with E-state index in [2.05, 4.69) is 10.2 Å². The third-order valence-electron chi connectivity index (χ3n) is 4.35. The maximum absolute atomic E-state index is 6.58. The van der Waals surface area contributed by atoms with Crippen LogP contribution in [0.1, 0.15) is 11.3 Å². The zero-order valence-corrected chi connectivity index (χ0v) is 16.5. The maximum Gasteiger partial charge on any atom is 0.196 e. The molecule has 0 saturated heterocycles. The second kappa shape index (κ2) is 7.58. The number of benzene rings is 2. The molecule has 27 heavy (non-hydrogen) atoms. The third-order valence-corrected chi connectivity index (χ3v) is 5.80. The van der Waals surface area contributed by atoms with Gasteiger partial charge in [0.25, 0.3) is 0 Å². The first kappa shape index (κ1) is 17.8. The molecule has 4 aromatic rings. The van der Waals surface area contributed by atoms with E-state index < -0.39 is 0 Å². The fraction of sp³-hybridized carbons (Fsp3) is 0.150. The van der Waals surface area contributed by atoms with Crippen LogP contribution >= 0.6 is 23.4 Å². The van der Waals surface area contributed by atoms with Gasteiger partial charge >= 0.3 is 0 Å². The molecule has 0 aliphatic rings. The van der Waals surface area contributed by atoms with Crippen molar-refractivity contribution in [2.75, 3.05) is 7.11 Å². The van der Waals surface area contributed by atoms with Crippen LogP contribution in [-0.4, -0.2) is 26.9 Å². The molecule has 0 fully saturated rings. The van der Waals surface area contributed by atoms with Gasteiger partial charge < -0.3 is 4.74 Å². The monoisotopic (exact) mass is 396 g/mol. The van der Waals surface area contributed by atoms with Crippen LogP contribution in [0, 0.1) is 6.92 Å². The Kier molecular flexibility index (Phi) is 5.01. The van der Waals surface area contributed by atoms with Gasteiger partial charge in [-0.1, -0.05) is 53.7 Å². The minimum Gasteiger partial charge on any atom is -0.495 e. The van der Waals surface area contributed by atoms with Gasteiger partial charge in [0.15, 0.2) is 5.16 Å². The SMILES string of the molecule is COc1ccccc1-n1cnnc1SCc1nc2ccccc2c(C)c1Cl. The Morgan fingerprint density at radius 3 is 2.74 bits per heavy atom. The highest BCUT2D eigenvalue weighted by Gasteiger charge is 2.14. The average Bonchev–Trinajstić information content (AvgIpc) is 3.18. The number of pyridine rings is 1. The van der Waals surface area contributed by atoms with Crippen molar-refractivity contribution in [3.05, 3.63) is 71.1 Å². The van der Waals surface area contributed by atoms with E-state index in [1.807, 2.05) is 60.0 Å². The number of hydrogen-bond donors (Lipinski definition) is 0. The van der Waals surface area contributed by atoms with Crippen molar-refractivity contribution in [3.63, 3.8) is 0 Å². The molecule has 0 saturated carbocycles. The van der Waals surface area contributed by atoms with Crippen LogP contribution in [0.15, 0.2) is 60.0 Å². The normalized spacial score (nSPS) is 11.1. The molecule has 0 atom stereocenters. The number of aryl methyl sites for hydroxylation is 1. The topological polar surface area (TPSA) is 52.8 Å². The highest BCUT2D eigenvalue weighted by Crippen LogP contribution is 2.32. The molecule has 4 rings (SSSR count). The van der Waals surface area contributed by atoms with Gasteiger partial charge in [-0.15, -0.1) is 10.2 Å². The standard InChI is InChI=1S/C20H17ClN4OS/c1-13-14-7-3-4-8-15(14)23-16(19(13)21)11-27-20-24-22-12-25(20)17-9-5-6-10-18(17)26-2/h3-10,12H,11H2,1-2H3. The molecular formula is C20H17ClN4OS. The number of nitrogens with zero attached hydrogens (tertiary/aromatic N) is 4. The van der Waals surface area contributed by atoms with Crippen LogP contribution in [0.3, 0.4) is 0 Å². The van der Waals surface area contributed by atoms with Crippen molar-refractivity contribution in [2.24, 2.45) is 0 Å². The van der Waals surface area contributed by atoms with Gasteiger partial charge in [-0.2, -0.15) is 0 Å². The van der Waals surface area contributed by atoms with E-state index in [9.17, 15) is 0 Å². The smallest absolute Gasteiger partial charge is 0.196 e. The fourth-order valence-corrected chi connectivity index (χ4v) is 4.12. The lowest BCUT2D eigenvalue weighted by atomic mass is 10.1. The molecule has 0 bridgehead atoms. The number of para-hydroxylation sites is 3. The summed E-state index contributed by atoms with van der Waals surface area (Å²) >= 11 is 8.12. The molecule has 136 valence electrons. The summed E-state index contributed by atoms with van der Waals surface area (Å²) in [5.74, 6) is 1.36. The Morgan fingerprint density at radius 2 is 1.89 bits per heavy atom. The Morgan fingerprint density at radius 1 is 1.11 bits per heavy atom. The number of hydrogen-bond acceptors (Lipinski definition) is 5. The minimum atomic E-state index is 0.596. The zero-order valence-electron chi connectivity index (χ0n) is 14.9. The lowest BCUT2D eigenvalue weighted by Gasteiger charge is -2.12. The van der Waals surface area contributed by atoms with Crippen molar-refractivity contribution in [1.82, 2.24) is 19.7 Å². The van der Waals surface area contributed by atoms with Crippen LogP contribution < -0.4 is 4.74 Å². The predicted octanol–water partition coefficient (Wildman–Crippen LogP) is 5.08. The van der Waals surface area contributed by atoms with Crippen LogP contribution in [0.2, 0.25) is 5.02 Å². The first-order valence-electron chi connectivity index (χ1n) is 8.39. The van der Waals surface area contributed by atoms with Crippen molar-refractivity contribution in [1.29, 1.82) is 0 Å². The second-order valence-corrected chi connectivity index (χ2v) is 7.28. The molecule has 0 aliphatic carbocycles. The molecule has 0 spiro atoms. The van der Waals surface area contributed by atoms with E-state index in [-0.39, 0.29) is 0 Å². The molecule has 0 amide bonds. The molecule has 2 heterocycles. The second-order valence-electron chi connectivity index (χ2n) is 5.96. The summed E-state index contributed by atoms with van der Waals surface area (Å²) in [5.41, 5.74) is 3.72. The summed E-state index contributed by atoms with van der Waals surface area (Å²) in [5, 5.41) is 10.8. The molecular weight excluding hydrogens is 380 g/mol. The van der Waals surface area contributed by atoms with Crippen molar-refractivity contribution < 1.29 is 4.74 Å². The highest BCUT2D eigenvalue weighted by molar-refractivity contribution is 7.98. The summed E-state index contributed by atoms with van der Waals surface area (Å²) in [6.07, 6.45) is 1.68. The first-order valence-corrected chi connectivity index (χ1v) is 9.75. The van der Waals surface area contributed by atoms with Crippen LogP contribution in [0.25, 0.3) is 16.6 Å². The van der Waals surface area contributed by atoms with Gasteiger partial charge in [-0.3, -0.25) is 9.55 Å². The molecule has 0 aliphatic heterocycles. The summed E-state index contributed by atoms with van der Waals surface area (Å²) in [7, 11) is 1.65. The van der Waals surface area contributed by atoms with Crippen LogP contribution in [-0.2, 0) is 5.75 Å². The average molecular weight is 397 g/mol.